The zero-order valence-electron chi connectivity index (χ0n) is 9.65. The number of rotatable bonds is 3. The number of ketones is 1. The van der Waals surface area contributed by atoms with Crippen molar-refractivity contribution in [2.45, 2.75) is 13.8 Å². The van der Waals surface area contributed by atoms with Gasteiger partial charge in [-0.15, -0.1) is 5.10 Å². The molecule has 0 bridgehead atoms. The summed E-state index contributed by atoms with van der Waals surface area (Å²) in [6.45, 7) is 3.35. The molecule has 1 aromatic heterocycles. The normalized spacial score (nSPS) is 10.2. The number of aryl methyl sites for hydroxylation is 1. The zero-order valence-corrected chi connectivity index (χ0v) is 9.65. The summed E-state index contributed by atoms with van der Waals surface area (Å²) in [5, 5.41) is 6.72. The van der Waals surface area contributed by atoms with Crippen molar-refractivity contribution in [1.82, 2.24) is 10.2 Å². The first kappa shape index (κ1) is 11.2. The molecule has 5 nitrogen and oxygen atoms in total. The van der Waals surface area contributed by atoms with Crippen molar-refractivity contribution in [3.05, 3.63) is 35.5 Å². The van der Waals surface area contributed by atoms with Crippen LogP contribution in [-0.2, 0) is 0 Å². The summed E-state index contributed by atoms with van der Waals surface area (Å²) >= 11 is 0. The molecule has 0 atom stereocenters. The number of benzene rings is 1. The largest absolute Gasteiger partial charge is 0.438 e. The lowest BCUT2D eigenvalue weighted by molar-refractivity contribution is 0.101. The van der Waals surface area contributed by atoms with Gasteiger partial charge < -0.3 is 10.5 Å². The number of aromatic nitrogens is 2. The Morgan fingerprint density at radius 3 is 2.76 bits per heavy atom. The van der Waals surface area contributed by atoms with E-state index in [4.69, 9.17) is 10.5 Å². The predicted octanol–water partition coefficient (Wildman–Crippen LogP) is 2.30. The monoisotopic (exact) mass is 231 g/mol. The van der Waals surface area contributed by atoms with Crippen molar-refractivity contribution in [3.8, 4) is 11.6 Å². The minimum absolute atomic E-state index is 0.0915. The topological polar surface area (TPSA) is 81.0 Å². The summed E-state index contributed by atoms with van der Waals surface area (Å²) in [4.78, 5) is 11.3. The second-order valence-electron chi connectivity index (χ2n) is 3.80. The van der Waals surface area contributed by atoms with Gasteiger partial charge in [0.25, 0.3) is 0 Å². The van der Waals surface area contributed by atoms with Gasteiger partial charge in [-0.3, -0.25) is 9.89 Å². The van der Waals surface area contributed by atoms with Crippen LogP contribution in [0.1, 0.15) is 23.0 Å². The van der Waals surface area contributed by atoms with Crippen LogP contribution in [-0.4, -0.2) is 16.0 Å². The first-order chi connectivity index (χ1) is 8.06. The van der Waals surface area contributed by atoms with Gasteiger partial charge in [0.1, 0.15) is 5.75 Å². The van der Waals surface area contributed by atoms with E-state index in [1.54, 1.807) is 24.3 Å². The van der Waals surface area contributed by atoms with Gasteiger partial charge in [0.15, 0.2) is 5.78 Å². The van der Waals surface area contributed by atoms with Crippen LogP contribution in [0.3, 0.4) is 0 Å². The maximum Gasteiger partial charge on any atom is 0.238 e. The highest BCUT2D eigenvalue weighted by molar-refractivity contribution is 5.99. The van der Waals surface area contributed by atoms with E-state index in [-0.39, 0.29) is 5.78 Å². The molecule has 0 radical (unpaired) electrons. The Morgan fingerprint density at radius 2 is 2.18 bits per heavy atom. The number of hydrogen-bond acceptors (Lipinski definition) is 4. The molecule has 0 spiro atoms. The van der Waals surface area contributed by atoms with Crippen LogP contribution in [0.25, 0.3) is 0 Å². The Bertz CT molecular complexity index is 561. The number of nitrogens with one attached hydrogen (secondary N) is 1. The number of nitrogens with zero attached hydrogens (tertiary/aromatic N) is 1. The number of nitrogen functional groups attached to an aromatic ring is 1. The lowest BCUT2D eigenvalue weighted by atomic mass is 10.1. The molecule has 17 heavy (non-hydrogen) atoms. The lowest BCUT2D eigenvalue weighted by Gasteiger charge is -2.05. The van der Waals surface area contributed by atoms with E-state index in [0.29, 0.717) is 22.9 Å². The molecule has 0 saturated heterocycles. The van der Waals surface area contributed by atoms with Crippen LogP contribution in [0.5, 0.6) is 11.6 Å². The molecule has 3 N–H and O–H groups in total. The fraction of sp³-hybridized carbons (Fsp3) is 0.167. The molecular formula is C12H13N3O2. The van der Waals surface area contributed by atoms with Crippen LogP contribution in [0, 0.1) is 6.92 Å². The smallest absolute Gasteiger partial charge is 0.238 e. The maximum absolute atomic E-state index is 11.3. The van der Waals surface area contributed by atoms with Crippen LogP contribution in [0.15, 0.2) is 24.3 Å². The lowest BCUT2D eigenvalue weighted by Crippen LogP contribution is -1.99. The Kier molecular flexibility index (Phi) is 2.82. The fourth-order valence-electron chi connectivity index (χ4n) is 1.47. The first-order valence-corrected chi connectivity index (χ1v) is 5.16. The zero-order chi connectivity index (χ0) is 12.4. The predicted molar refractivity (Wildman–Crippen MR) is 64.3 cm³/mol. The van der Waals surface area contributed by atoms with Gasteiger partial charge in [-0.25, -0.2) is 0 Å². The molecule has 0 aliphatic carbocycles. The average Bonchev–Trinajstić information content (AvgIpc) is 2.66. The Balaban J connectivity index is 2.28. The SMILES string of the molecule is CC(=O)c1cc(Oc2cc(C)[nH]n2)ccc1N. The number of nitrogens with two attached hydrogens (primary N) is 1. The number of H-pyrrole nitrogens is 1. The van der Waals surface area contributed by atoms with Crippen molar-refractivity contribution in [3.63, 3.8) is 0 Å². The van der Waals surface area contributed by atoms with Gasteiger partial charge >= 0.3 is 0 Å². The number of aromatic amines is 1. The van der Waals surface area contributed by atoms with Gasteiger partial charge in [-0.2, -0.15) is 0 Å². The van der Waals surface area contributed by atoms with Gasteiger partial charge in [0, 0.05) is 23.0 Å². The van der Waals surface area contributed by atoms with E-state index in [1.807, 2.05) is 6.92 Å². The van der Waals surface area contributed by atoms with Crippen molar-refractivity contribution >= 4 is 11.5 Å². The summed E-state index contributed by atoms with van der Waals surface area (Å²) in [7, 11) is 0. The number of anilines is 1. The second kappa shape index (κ2) is 4.29. The van der Waals surface area contributed by atoms with Crippen molar-refractivity contribution in [1.29, 1.82) is 0 Å². The number of carbonyl (C=O) groups excluding carboxylic acids is 1. The molecule has 88 valence electrons. The number of Topliss-reactive ketones (excluding diaryl/α,β-unsaturated/α-hetero) is 1. The van der Waals surface area contributed by atoms with Crippen LogP contribution in [0.2, 0.25) is 0 Å². The molecule has 0 fully saturated rings. The molecule has 1 heterocycles. The van der Waals surface area contributed by atoms with Crippen LogP contribution >= 0.6 is 0 Å². The Labute approximate surface area is 98.6 Å². The third-order valence-corrected chi connectivity index (χ3v) is 2.31. The molecule has 0 aliphatic heterocycles. The summed E-state index contributed by atoms with van der Waals surface area (Å²) in [6.07, 6.45) is 0. The molecule has 1 aromatic carbocycles. The number of hydrogen-bond donors (Lipinski definition) is 2. The molecule has 0 amide bonds. The maximum atomic E-state index is 11.3. The minimum atomic E-state index is -0.0915. The molecule has 2 rings (SSSR count). The van der Waals surface area contributed by atoms with E-state index in [2.05, 4.69) is 10.2 Å². The van der Waals surface area contributed by atoms with Gasteiger partial charge in [0.05, 0.1) is 0 Å². The van der Waals surface area contributed by atoms with E-state index in [9.17, 15) is 4.79 Å². The van der Waals surface area contributed by atoms with E-state index < -0.39 is 0 Å². The van der Waals surface area contributed by atoms with Crippen molar-refractivity contribution in [2.24, 2.45) is 0 Å². The van der Waals surface area contributed by atoms with Crippen LogP contribution < -0.4 is 10.5 Å². The van der Waals surface area contributed by atoms with E-state index in [0.717, 1.165) is 5.69 Å². The highest BCUT2D eigenvalue weighted by Gasteiger charge is 2.08. The minimum Gasteiger partial charge on any atom is -0.438 e. The van der Waals surface area contributed by atoms with Crippen LogP contribution in [0.4, 0.5) is 5.69 Å². The highest BCUT2D eigenvalue weighted by Crippen LogP contribution is 2.24. The second-order valence-corrected chi connectivity index (χ2v) is 3.80. The van der Waals surface area contributed by atoms with E-state index >= 15 is 0 Å². The highest BCUT2D eigenvalue weighted by atomic mass is 16.5. The van der Waals surface area contributed by atoms with Crippen molar-refractivity contribution in [2.75, 3.05) is 5.73 Å². The Morgan fingerprint density at radius 1 is 1.41 bits per heavy atom. The molecular weight excluding hydrogens is 218 g/mol. The summed E-state index contributed by atoms with van der Waals surface area (Å²) < 4.78 is 5.49. The first-order valence-electron chi connectivity index (χ1n) is 5.16. The third kappa shape index (κ3) is 2.44. The van der Waals surface area contributed by atoms with Gasteiger partial charge in [-0.05, 0) is 32.0 Å². The van der Waals surface area contributed by atoms with Gasteiger partial charge in [0.2, 0.25) is 5.88 Å². The average molecular weight is 231 g/mol. The number of ether oxygens (including phenoxy) is 1. The summed E-state index contributed by atoms with van der Waals surface area (Å²) in [5.74, 6) is 0.906. The molecule has 5 heteroatoms. The standard InChI is InChI=1S/C12H13N3O2/c1-7-5-12(15-14-7)17-9-3-4-11(13)10(6-9)8(2)16/h3-6H,13H2,1-2H3,(H,14,15). The fourth-order valence-corrected chi connectivity index (χ4v) is 1.47. The Hall–Kier alpha value is -2.30. The van der Waals surface area contributed by atoms with Crippen molar-refractivity contribution < 1.29 is 9.53 Å². The third-order valence-electron chi connectivity index (χ3n) is 2.31. The number of carbonyl (C=O) groups is 1. The van der Waals surface area contributed by atoms with E-state index in [1.165, 1.54) is 6.92 Å². The molecule has 0 aliphatic rings. The molecule has 2 aromatic rings. The molecule has 0 saturated carbocycles. The molecule has 0 unspecified atom stereocenters. The van der Waals surface area contributed by atoms with Gasteiger partial charge in [-0.1, -0.05) is 0 Å². The summed E-state index contributed by atoms with van der Waals surface area (Å²) in [6, 6.07) is 6.73. The summed E-state index contributed by atoms with van der Waals surface area (Å²) in [5.41, 5.74) is 7.50. The quantitative estimate of drug-likeness (QED) is 0.627.